The number of nitrogens with zero attached hydrogens (tertiary/aromatic N) is 1. The molecule has 0 radical (unpaired) electrons. The third-order valence-electron chi connectivity index (χ3n) is 3.01. The van der Waals surface area contributed by atoms with E-state index < -0.39 is 5.41 Å². The highest BCUT2D eigenvalue weighted by Gasteiger charge is 2.24. The lowest BCUT2D eigenvalue weighted by molar-refractivity contribution is -0.117. The van der Waals surface area contributed by atoms with Gasteiger partial charge in [-0.15, -0.1) is 0 Å². The van der Waals surface area contributed by atoms with E-state index in [1.807, 2.05) is 20.8 Å². The maximum Gasteiger partial charge on any atom is 0.257 e. The lowest BCUT2D eigenvalue weighted by Gasteiger charge is -2.18. The highest BCUT2D eigenvalue weighted by Crippen LogP contribution is 2.38. The number of anilines is 1. The summed E-state index contributed by atoms with van der Waals surface area (Å²) in [6, 6.07) is 6.43. The largest absolute Gasteiger partial charge is 0.321 e. The van der Waals surface area contributed by atoms with Gasteiger partial charge in [-0.3, -0.25) is 14.6 Å². The molecular formula is C17H16Cl2N2O2S. The Labute approximate surface area is 155 Å². The number of hydrogen-bond acceptors (Lipinski definition) is 4. The third-order valence-corrected chi connectivity index (χ3v) is 5.09. The number of rotatable bonds is 3. The Bertz CT molecular complexity index is 774. The van der Waals surface area contributed by atoms with E-state index in [1.165, 1.54) is 12.3 Å². The summed E-state index contributed by atoms with van der Waals surface area (Å²) in [7, 11) is 0. The fourth-order valence-corrected chi connectivity index (χ4v) is 2.95. The molecule has 2 aromatic rings. The van der Waals surface area contributed by atoms with E-state index >= 15 is 0 Å². The average molecular weight is 383 g/mol. The van der Waals surface area contributed by atoms with Gasteiger partial charge in [-0.1, -0.05) is 44.0 Å². The van der Waals surface area contributed by atoms with Crippen LogP contribution in [-0.2, 0) is 4.79 Å². The number of halogens is 2. The van der Waals surface area contributed by atoms with Crippen LogP contribution < -0.4 is 5.32 Å². The molecule has 126 valence electrons. The Balaban J connectivity index is 2.33. The molecule has 0 atom stereocenters. The molecular weight excluding hydrogens is 367 g/mol. The number of hydrogen-bond donors (Lipinski definition) is 1. The number of amides is 1. The molecule has 1 aromatic carbocycles. The Kier molecular flexibility index (Phi) is 5.91. The molecule has 0 aliphatic rings. The van der Waals surface area contributed by atoms with Crippen LogP contribution in [0, 0.1) is 5.41 Å². The summed E-state index contributed by atoms with van der Waals surface area (Å²) in [5.41, 5.74) is 0.309. The number of benzene rings is 1. The Morgan fingerprint density at radius 2 is 1.83 bits per heavy atom. The quantitative estimate of drug-likeness (QED) is 0.731. The molecule has 4 nitrogen and oxygen atoms in total. The fraction of sp³-hybridized carbons (Fsp3) is 0.235. The SMILES string of the molecule is CC(C)(C)C(=O)Sc1cc(Cl)c(Cl)cc1NC(=O)c1cccnc1. The molecule has 0 unspecified atom stereocenters. The molecule has 1 heterocycles. The monoisotopic (exact) mass is 382 g/mol. The summed E-state index contributed by atoms with van der Waals surface area (Å²) in [6.07, 6.45) is 3.04. The van der Waals surface area contributed by atoms with Crippen molar-refractivity contribution < 1.29 is 9.59 Å². The molecule has 0 bridgehead atoms. The molecule has 1 amide bonds. The smallest absolute Gasteiger partial charge is 0.257 e. The van der Waals surface area contributed by atoms with Gasteiger partial charge in [0, 0.05) is 22.7 Å². The van der Waals surface area contributed by atoms with E-state index in [2.05, 4.69) is 10.3 Å². The van der Waals surface area contributed by atoms with Crippen molar-refractivity contribution in [2.24, 2.45) is 5.41 Å². The summed E-state index contributed by atoms with van der Waals surface area (Å²) in [5, 5.41) is 3.33. The number of thioether (sulfide) groups is 1. The first-order chi connectivity index (χ1) is 11.2. The number of pyridine rings is 1. The normalized spacial score (nSPS) is 11.2. The maximum absolute atomic E-state index is 12.3. The van der Waals surface area contributed by atoms with Gasteiger partial charge in [0.2, 0.25) is 0 Å². The van der Waals surface area contributed by atoms with E-state index in [9.17, 15) is 9.59 Å². The van der Waals surface area contributed by atoms with Crippen LogP contribution in [0.3, 0.4) is 0 Å². The highest BCUT2D eigenvalue weighted by molar-refractivity contribution is 8.13. The van der Waals surface area contributed by atoms with Crippen LogP contribution in [0.1, 0.15) is 31.1 Å². The zero-order valence-electron chi connectivity index (χ0n) is 13.4. The van der Waals surface area contributed by atoms with Crippen molar-refractivity contribution in [2.75, 3.05) is 5.32 Å². The Morgan fingerprint density at radius 3 is 2.42 bits per heavy atom. The zero-order valence-corrected chi connectivity index (χ0v) is 15.7. The molecule has 0 saturated heterocycles. The van der Waals surface area contributed by atoms with Crippen LogP contribution in [0.5, 0.6) is 0 Å². The topological polar surface area (TPSA) is 59.1 Å². The molecule has 7 heteroatoms. The van der Waals surface area contributed by atoms with Crippen LogP contribution in [0.4, 0.5) is 5.69 Å². The Morgan fingerprint density at radius 1 is 1.17 bits per heavy atom. The first-order valence-corrected chi connectivity index (χ1v) is 8.68. The molecule has 1 N–H and O–H groups in total. The summed E-state index contributed by atoms with van der Waals surface area (Å²) in [5.74, 6) is -0.341. The van der Waals surface area contributed by atoms with Gasteiger partial charge in [0.05, 0.1) is 21.3 Å². The van der Waals surface area contributed by atoms with Crippen LogP contribution in [0.2, 0.25) is 10.0 Å². The van der Waals surface area contributed by atoms with Gasteiger partial charge in [-0.25, -0.2) is 0 Å². The van der Waals surface area contributed by atoms with Gasteiger partial charge >= 0.3 is 0 Å². The second-order valence-corrected chi connectivity index (χ2v) is 7.93. The van der Waals surface area contributed by atoms with Crippen molar-refractivity contribution in [3.05, 3.63) is 52.3 Å². The van der Waals surface area contributed by atoms with Crippen molar-refractivity contribution >= 4 is 51.7 Å². The number of carbonyl (C=O) groups excluding carboxylic acids is 2. The van der Waals surface area contributed by atoms with Crippen molar-refractivity contribution in [3.63, 3.8) is 0 Å². The highest BCUT2D eigenvalue weighted by atomic mass is 35.5. The third kappa shape index (κ3) is 4.72. The summed E-state index contributed by atoms with van der Waals surface area (Å²) < 4.78 is 0. The van der Waals surface area contributed by atoms with Crippen molar-refractivity contribution in [3.8, 4) is 0 Å². The second kappa shape index (κ2) is 7.55. The first kappa shape index (κ1) is 18.8. The minimum Gasteiger partial charge on any atom is -0.321 e. The standard InChI is InChI=1S/C17H16Cl2N2O2S/c1-17(2,3)16(23)24-14-8-12(19)11(18)7-13(14)21-15(22)10-5-4-6-20-9-10/h4-9H,1-3H3,(H,21,22). The van der Waals surface area contributed by atoms with Crippen molar-refractivity contribution in [1.82, 2.24) is 4.98 Å². The lowest BCUT2D eigenvalue weighted by atomic mass is 10.00. The minimum absolute atomic E-state index is 0.0437. The predicted octanol–water partition coefficient (Wildman–Crippen LogP) is 5.31. The van der Waals surface area contributed by atoms with Gasteiger partial charge in [0.15, 0.2) is 5.12 Å². The van der Waals surface area contributed by atoms with E-state index in [0.717, 1.165) is 11.8 Å². The van der Waals surface area contributed by atoms with Gasteiger partial charge in [-0.05, 0) is 36.0 Å². The molecule has 0 saturated carbocycles. The number of aromatic nitrogens is 1. The van der Waals surface area contributed by atoms with E-state index in [4.69, 9.17) is 23.2 Å². The van der Waals surface area contributed by atoms with Gasteiger partial charge in [-0.2, -0.15) is 0 Å². The van der Waals surface area contributed by atoms with Crippen molar-refractivity contribution in [2.45, 2.75) is 25.7 Å². The predicted molar refractivity (Wildman–Crippen MR) is 99.0 cm³/mol. The van der Waals surface area contributed by atoms with Crippen LogP contribution in [0.25, 0.3) is 0 Å². The number of nitrogens with one attached hydrogen (secondary N) is 1. The van der Waals surface area contributed by atoms with Gasteiger partial charge in [0.25, 0.3) is 5.91 Å². The van der Waals surface area contributed by atoms with Gasteiger partial charge < -0.3 is 5.32 Å². The van der Waals surface area contributed by atoms with Gasteiger partial charge in [0.1, 0.15) is 0 Å². The van der Waals surface area contributed by atoms with Crippen LogP contribution >= 0.6 is 35.0 Å². The summed E-state index contributed by atoms with van der Waals surface area (Å²) >= 11 is 13.1. The molecule has 1 aromatic heterocycles. The van der Waals surface area contributed by atoms with Crippen LogP contribution in [0.15, 0.2) is 41.6 Å². The Hall–Kier alpha value is -1.56. The van der Waals surface area contributed by atoms with Crippen molar-refractivity contribution in [1.29, 1.82) is 0 Å². The summed E-state index contributed by atoms with van der Waals surface area (Å²) in [6.45, 7) is 5.48. The molecule has 2 rings (SSSR count). The number of carbonyl (C=O) groups is 2. The van der Waals surface area contributed by atoms with E-state index in [1.54, 1.807) is 24.4 Å². The first-order valence-electron chi connectivity index (χ1n) is 7.11. The molecule has 0 fully saturated rings. The summed E-state index contributed by atoms with van der Waals surface area (Å²) in [4.78, 5) is 29.1. The fourth-order valence-electron chi connectivity index (χ4n) is 1.66. The van der Waals surface area contributed by atoms with E-state index in [0.29, 0.717) is 26.2 Å². The average Bonchev–Trinajstić information content (AvgIpc) is 2.52. The van der Waals surface area contributed by atoms with Crippen LogP contribution in [-0.4, -0.2) is 16.0 Å². The maximum atomic E-state index is 12.3. The lowest BCUT2D eigenvalue weighted by Crippen LogP contribution is -2.17. The second-order valence-electron chi connectivity index (χ2n) is 6.10. The van der Waals surface area contributed by atoms with E-state index in [-0.39, 0.29) is 11.0 Å². The zero-order chi connectivity index (χ0) is 17.9. The minimum atomic E-state index is -0.526. The molecule has 24 heavy (non-hydrogen) atoms. The molecule has 0 aliphatic heterocycles. The molecule has 0 aliphatic carbocycles. The molecule has 0 spiro atoms.